The third-order valence-corrected chi connectivity index (χ3v) is 0.354. The molecule has 0 radical (unpaired) electrons. The maximum absolute atomic E-state index is 7.00. The van der Waals surface area contributed by atoms with E-state index in [1.165, 1.54) is 6.42 Å². The Morgan fingerprint density at radius 2 is 1.62 bits per heavy atom. The topological polar surface area (TPSA) is 20.2 Å². The molecule has 0 saturated heterocycles. The van der Waals surface area contributed by atoms with Gasteiger partial charge in [0, 0.05) is 7.11 Å². The van der Waals surface area contributed by atoms with Crippen molar-refractivity contribution >= 4 is 4.90 Å². The van der Waals surface area contributed by atoms with Crippen LogP contribution in [0.15, 0.2) is 0 Å². The number of unbranched alkanes of at least 4 members (excludes halogenated alkanes) is 1. The van der Waals surface area contributed by atoms with E-state index in [9.17, 15) is 0 Å². The van der Waals surface area contributed by atoms with Crippen molar-refractivity contribution in [2.24, 2.45) is 0 Å². The van der Waals surface area contributed by atoms with Crippen molar-refractivity contribution in [2.45, 2.75) is 19.8 Å². The summed E-state index contributed by atoms with van der Waals surface area (Å²) < 4.78 is 0. The second-order valence-electron chi connectivity index (χ2n) is 0.854. The van der Waals surface area contributed by atoms with Gasteiger partial charge in [-0.2, -0.15) is 6.42 Å². The summed E-state index contributed by atoms with van der Waals surface area (Å²) in [4.78, 5) is 3.26. The van der Waals surface area contributed by atoms with E-state index < -0.39 is 0 Å². The van der Waals surface area contributed by atoms with Crippen LogP contribution in [-0.2, 0) is 19.4 Å². The molecule has 0 fully saturated rings. The summed E-state index contributed by atoms with van der Waals surface area (Å²) in [7, 11) is 1.00. The first kappa shape index (κ1) is 15.8. The Morgan fingerprint density at radius 1 is 1.50 bits per heavy atom. The molecule has 0 atom stereocenters. The molecule has 0 aromatic rings. The van der Waals surface area contributed by atoms with Crippen LogP contribution in [0.1, 0.15) is 19.8 Å². The van der Waals surface area contributed by atoms with E-state index in [1.54, 1.807) is 19.4 Å². The molecule has 0 unspecified atom stereocenters. The molecule has 52 valence electrons. The monoisotopic (exact) mass is 201 g/mol. The van der Waals surface area contributed by atoms with Crippen LogP contribution in [0.4, 0.5) is 0 Å². The van der Waals surface area contributed by atoms with Crippen molar-refractivity contribution < 1.29 is 24.5 Å². The van der Waals surface area contributed by atoms with E-state index in [0.717, 1.165) is 13.5 Å². The molecule has 0 aliphatic rings. The van der Waals surface area contributed by atoms with Crippen molar-refractivity contribution in [3.05, 3.63) is 6.92 Å². The minimum atomic E-state index is 1.00. The van der Waals surface area contributed by atoms with Crippen LogP contribution in [0.5, 0.6) is 0 Å². The Balaban J connectivity index is -0.0000000542. The van der Waals surface area contributed by atoms with Crippen molar-refractivity contribution in [3.63, 3.8) is 0 Å². The predicted molar refractivity (Wildman–Crippen MR) is 35.5 cm³/mol. The molecule has 8 heavy (non-hydrogen) atoms. The number of aliphatic hydroxyl groups excluding tert-OH is 1. The summed E-state index contributed by atoms with van der Waals surface area (Å²) in [6.07, 6.45) is 2.28. The maximum atomic E-state index is 7.00. The zero-order valence-electron chi connectivity index (χ0n) is 5.68. The molecule has 0 saturated carbocycles. The molecule has 0 aliphatic heterocycles. The fraction of sp³-hybridized carbons (Fsp3) is 0.667. The molecule has 1 N–H and O–H groups in total. The zero-order chi connectivity index (χ0) is 7.41. The first-order valence-corrected chi connectivity index (χ1v) is 3.86. The molecule has 0 aromatic heterocycles. The number of aliphatic hydroxyl groups is 1. The van der Waals surface area contributed by atoms with Gasteiger partial charge in [0.1, 0.15) is 0 Å². The van der Waals surface area contributed by atoms with Crippen molar-refractivity contribution in [3.8, 4) is 0 Å². The van der Waals surface area contributed by atoms with Crippen LogP contribution in [0.3, 0.4) is 0 Å². The van der Waals surface area contributed by atoms with Crippen molar-refractivity contribution in [1.29, 1.82) is 0 Å². The van der Waals surface area contributed by atoms with E-state index in [2.05, 4.69) is 18.8 Å². The van der Waals surface area contributed by atoms with E-state index in [4.69, 9.17) is 5.11 Å². The van der Waals surface area contributed by atoms with Gasteiger partial charge in [-0.05, 0) is 0 Å². The van der Waals surface area contributed by atoms with Crippen LogP contribution in [0.2, 0.25) is 0 Å². The second kappa shape index (κ2) is 50.4. The average molecular weight is 199 g/mol. The van der Waals surface area contributed by atoms with Crippen LogP contribution in [0, 0.1) is 6.92 Å². The number of rotatable bonds is 1. The third kappa shape index (κ3) is 86.1. The van der Waals surface area contributed by atoms with Crippen LogP contribution >= 0.6 is 0 Å². The van der Waals surface area contributed by atoms with Gasteiger partial charge in [-0.3, -0.25) is 0 Å². The first-order valence-electron chi connectivity index (χ1n) is 2.44. The van der Waals surface area contributed by atoms with Gasteiger partial charge in [-0.15, -0.1) is 0 Å². The van der Waals surface area contributed by atoms with E-state index in [1.807, 2.05) is 0 Å². The molecule has 0 aromatic carbocycles. The van der Waals surface area contributed by atoms with Crippen molar-refractivity contribution in [2.75, 3.05) is 7.11 Å². The molecule has 0 spiro atoms. The summed E-state index contributed by atoms with van der Waals surface area (Å²) in [5, 5.41) is 7.00. The SMILES string of the molecule is CO.[CH2-]CCC.[CH2]=[Mo]. The summed E-state index contributed by atoms with van der Waals surface area (Å²) in [5.74, 6) is 0. The zero-order valence-corrected chi connectivity index (χ0v) is 7.69. The van der Waals surface area contributed by atoms with E-state index >= 15 is 0 Å². The predicted octanol–water partition coefficient (Wildman–Crippen LogP) is 1.19. The van der Waals surface area contributed by atoms with E-state index in [-0.39, 0.29) is 0 Å². The Kier molecular flexibility index (Phi) is 99.6. The Hall–Kier alpha value is 0.518. The number of hydrogen-bond acceptors (Lipinski definition) is 1. The van der Waals surface area contributed by atoms with Crippen LogP contribution < -0.4 is 0 Å². The molecule has 0 aliphatic carbocycles. The molecule has 2 heteroatoms. The molecule has 0 bridgehead atoms. The molecule has 0 rings (SSSR count). The summed E-state index contributed by atoms with van der Waals surface area (Å²) >= 11 is 1.70. The minimum absolute atomic E-state index is 1.00. The van der Waals surface area contributed by atoms with Crippen LogP contribution in [0.25, 0.3) is 0 Å². The van der Waals surface area contributed by atoms with Gasteiger partial charge in [0.15, 0.2) is 0 Å². The summed E-state index contributed by atoms with van der Waals surface area (Å²) in [6, 6.07) is 0. The van der Waals surface area contributed by atoms with E-state index in [0.29, 0.717) is 0 Å². The van der Waals surface area contributed by atoms with Gasteiger partial charge >= 0.3 is 24.3 Å². The van der Waals surface area contributed by atoms with Gasteiger partial charge < -0.3 is 12.0 Å². The normalized spacial score (nSPS) is 5.00. The Morgan fingerprint density at radius 3 is 1.62 bits per heavy atom. The van der Waals surface area contributed by atoms with Gasteiger partial charge in [0.25, 0.3) is 0 Å². The second-order valence-corrected chi connectivity index (χ2v) is 0.854. The van der Waals surface area contributed by atoms with Gasteiger partial charge in [0.05, 0.1) is 0 Å². The van der Waals surface area contributed by atoms with Crippen LogP contribution in [-0.4, -0.2) is 17.1 Å². The third-order valence-electron chi connectivity index (χ3n) is 0.354. The van der Waals surface area contributed by atoms with Crippen molar-refractivity contribution in [1.82, 2.24) is 0 Å². The summed E-state index contributed by atoms with van der Waals surface area (Å²) in [5.41, 5.74) is 0. The quantitative estimate of drug-likeness (QED) is 0.497. The first-order chi connectivity index (χ1) is 3.91. The molecule has 0 amide bonds. The Bertz CT molecular complexity index is 16.0. The molecule has 0 heterocycles. The average Bonchev–Trinajstić information content (AvgIpc) is 1.96. The molecular formula is C6H15MoO-. The fourth-order valence-electron chi connectivity index (χ4n) is 0. The standard InChI is InChI=1S/C4H9.CH4O.CH2.Mo/c1-3-4-2;1-2;;/h1,3-4H2,2H3;2H,1H3;1H2;/q-1;;;. The fourth-order valence-corrected chi connectivity index (χ4v) is 0. The number of hydrogen-bond donors (Lipinski definition) is 1. The van der Waals surface area contributed by atoms with Gasteiger partial charge in [0.2, 0.25) is 0 Å². The van der Waals surface area contributed by atoms with Gasteiger partial charge in [-0.25, -0.2) is 0 Å². The Labute approximate surface area is 63.5 Å². The molecule has 1 nitrogen and oxygen atoms in total. The van der Waals surface area contributed by atoms with Gasteiger partial charge in [-0.1, -0.05) is 13.3 Å². The molecular weight excluding hydrogens is 184 g/mol. The summed E-state index contributed by atoms with van der Waals surface area (Å²) in [6.45, 7) is 5.72.